The molecule has 0 aliphatic carbocycles. The Morgan fingerprint density at radius 1 is 1.33 bits per heavy atom. The number of amides is 1. The summed E-state index contributed by atoms with van der Waals surface area (Å²) in [7, 11) is 0. The minimum atomic E-state index is -0.0244. The largest absolute Gasteiger partial charge is 0.324 e. The second kappa shape index (κ2) is 6.76. The van der Waals surface area contributed by atoms with Gasteiger partial charge in [0.2, 0.25) is 5.91 Å². The van der Waals surface area contributed by atoms with Crippen LogP contribution in [0.1, 0.15) is 30.4 Å². The number of carbonyl (C=O) groups excluding carboxylic acids is 1. The first-order chi connectivity index (χ1) is 8.18. The smallest absolute Gasteiger partial charge is 0.241 e. The number of anilines is 1. The summed E-state index contributed by atoms with van der Waals surface area (Å²) in [6.07, 6.45) is 3.25. The molecule has 2 rings (SSSR count). The molecule has 0 radical (unpaired) electrons. The van der Waals surface area contributed by atoms with Crippen LogP contribution in [0.4, 0.5) is 5.69 Å². The molecule has 2 N–H and O–H groups in total. The van der Waals surface area contributed by atoms with E-state index in [1.165, 1.54) is 12.0 Å². The highest BCUT2D eigenvalue weighted by atomic mass is 35.5. The molecule has 18 heavy (non-hydrogen) atoms. The lowest BCUT2D eigenvalue weighted by molar-refractivity contribution is -0.118. The van der Waals surface area contributed by atoms with Crippen molar-refractivity contribution in [3.63, 3.8) is 0 Å². The molecular formula is C14H21ClN2O. The monoisotopic (exact) mass is 268 g/mol. The molecule has 4 heteroatoms. The van der Waals surface area contributed by atoms with E-state index in [2.05, 4.69) is 23.6 Å². The maximum absolute atomic E-state index is 12.1. The molecule has 1 aliphatic heterocycles. The summed E-state index contributed by atoms with van der Waals surface area (Å²) >= 11 is 0. The predicted octanol–water partition coefficient (Wildman–Crippen LogP) is 2.81. The van der Waals surface area contributed by atoms with Gasteiger partial charge in [-0.15, -0.1) is 12.4 Å². The first-order valence-corrected chi connectivity index (χ1v) is 6.29. The molecule has 0 bridgehead atoms. The third kappa shape index (κ3) is 3.47. The number of hydrogen-bond donors (Lipinski definition) is 2. The van der Waals surface area contributed by atoms with Crippen molar-refractivity contribution in [3.05, 3.63) is 29.3 Å². The van der Waals surface area contributed by atoms with Crippen LogP contribution in [0.3, 0.4) is 0 Å². The fourth-order valence-electron chi connectivity index (χ4n) is 2.18. The van der Waals surface area contributed by atoms with Crippen LogP contribution < -0.4 is 10.6 Å². The van der Waals surface area contributed by atoms with Gasteiger partial charge in [-0.3, -0.25) is 4.79 Å². The highest BCUT2D eigenvalue weighted by molar-refractivity contribution is 5.95. The molecule has 1 heterocycles. The molecule has 1 amide bonds. The van der Waals surface area contributed by atoms with Gasteiger partial charge < -0.3 is 10.6 Å². The summed E-state index contributed by atoms with van der Waals surface area (Å²) in [6, 6.07) is 5.97. The van der Waals surface area contributed by atoms with Crippen LogP contribution in [-0.2, 0) is 4.79 Å². The van der Waals surface area contributed by atoms with Crippen LogP contribution in [0.25, 0.3) is 0 Å². The maximum atomic E-state index is 12.1. The van der Waals surface area contributed by atoms with Gasteiger partial charge in [-0.25, -0.2) is 0 Å². The number of halogens is 1. The fourth-order valence-corrected chi connectivity index (χ4v) is 2.18. The van der Waals surface area contributed by atoms with Gasteiger partial charge >= 0.3 is 0 Å². The quantitative estimate of drug-likeness (QED) is 0.866. The lowest BCUT2D eigenvalue weighted by atomic mass is 10.0. The van der Waals surface area contributed by atoms with E-state index in [0.29, 0.717) is 0 Å². The summed E-state index contributed by atoms with van der Waals surface area (Å²) < 4.78 is 0. The van der Waals surface area contributed by atoms with E-state index in [0.717, 1.165) is 30.6 Å². The van der Waals surface area contributed by atoms with Gasteiger partial charge in [-0.05, 0) is 50.4 Å². The summed E-state index contributed by atoms with van der Waals surface area (Å²) in [5.41, 5.74) is 3.29. The summed E-state index contributed by atoms with van der Waals surface area (Å²) in [4.78, 5) is 12.1. The van der Waals surface area contributed by atoms with Crippen molar-refractivity contribution < 1.29 is 4.79 Å². The zero-order valence-corrected chi connectivity index (χ0v) is 11.8. The molecule has 1 atom stereocenters. The molecule has 1 unspecified atom stereocenters. The summed E-state index contributed by atoms with van der Waals surface area (Å²) in [5, 5.41) is 6.28. The molecule has 1 fully saturated rings. The Labute approximate surface area is 115 Å². The number of aryl methyl sites for hydroxylation is 1. The number of nitrogens with one attached hydrogen (secondary N) is 2. The summed E-state index contributed by atoms with van der Waals surface area (Å²) in [6.45, 7) is 5.05. The van der Waals surface area contributed by atoms with E-state index >= 15 is 0 Å². The Bertz CT molecular complexity index is 414. The second-order valence-electron chi connectivity index (χ2n) is 4.74. The molecule has 0 spiro atoms. The van der Waals surface area contributed by atoms with Crippen molar-refractivity contribution in [2.24, 2.45) is 0 Å². The predicted molar refractivity (Wildman–Crippen MR) is 77.4 cm³/mol. The average molecular weight is 269 g/mol. The summed E-state index contributed by atoms with van der Waals surface area (Å²) in [5.74, 6) is 0.0957. The topological polar surface area (TPSA) is 41.1 Å². The molecule has 1 aromatic rings. The van der Waals surface area contributed by atoms with E-state index in [9.17, 15) is 4.79 Å². The van der Waals surface area contributed by atoms with Crippen molar-refractivity contribution >= 4 is 24.0 Å². The van der Waals surface area contributed by atoms with Crippen molar-refractivity contribution in [2.75, 3.05) is 11.9 Å². The highest BCUT2D eigenvalue weighted by Crippen LogP contribution is 2.19. The Hall–Kier alpha value is -1.06. The van der Waals surface area contributed by atoms with Crippen molar-refractivity contribution in [1.82, 2.24) is 5.32 Å². The van der Waals surface area contributed by atoms with Crippen LogP contribution in [0.15, 0.2) is 18.2 Å². The molecule has 1 saturated heterocycles. The van der Waals surface area contributed by atoms with E-state index in [4.69, 9.17) is 0 Å². The number of benzene rings is 1. The third-order valence-electron chi connectivity index (χ3n) is 3.49. The molecular weight excluding hydrogens is 248 g/mol. The van der Waals surface area contributed by atoms with E-state index in [1.807, 2.05) is 19.1 Å². The van der Waals surface area contributed by atoms with Crippen molar-refractivity contribution in [1.29, 1.82) is 0 Å². The Balaban J connectivity index is 0.00000162. The molecule has 0 saturated carbocycles. The second-order valence-corrected chi connectivity index (χ2v) is 4.74. The van der Waals surface area contributed by atoms with Crippen LogP contribution in [0, 0.1) is 13.8 Å². The van der Waals surface area contributed by atoms with Crippen LogP contribution in [-0.4, -0.2) is 18.5 Å². The standard InChI is InChI=1S/C14H20N2O.ClH/c1-10-6-5-8-12(11(10)2)16-14(17)13-7-3-4-9-15-13;/h5-6,8,13,15H,3-4,7,9H2,1-2H3,(H,16,17);1H. The Morgan fingerprint density at radius 2 is 2.11 bits per heavy atom. The van der Waals surface area contributed by atoms with Crippen molar-refractivity contribution in [3.8, 4) is 0 Å². The van der Waals surface area contributed by atoms with Crippen LogP contribution >= 0.6 is 12.4 Å². The van der Waals surface area contributed by atoms with Gasteiger partial charge in [0.25, 0.3) is 0 Å². The number of carbonyl (C=O) groups is 1. The van der Waals surface area contributed by atoms with Gasteiger partial charge in [0.05, 0.1) is 6.04 Å². The SMILES string of the molecule is Cc1cccc(NC(=O)C2CCCCN2)c1C.Cl. The first-order valence-electron chi connectivity index (χ1n) is 6.29. The molecule has 1 aromatic carbocycles. The lowest BCUT2D eigenvalue weighted by Crippen LogP contribution is -2.43. The average Bonchev–Trinajstić information content (AvgIpc) is 2.36. The van der Waals surface area contributed by atoms with Crippen LogP contribution in [0.5, 0.6) is 0 Å². The Morgan fingerprint density at radius 3 is 2.78 bits per heavy atom. The normalized spacial score (nSPS) is 18.9. The van der Waals surface area contributed by atoms with Crippen LogP contribution in [0.2, 0.25) is 0 Å². The maximum Gasteiger partial charge on any atom is 0.241 e. The number of piperidine rings is 1. The number of hydrogen-bond acceptors (Lipinski definition) is 2. The highest BCUT2D eigenvalue weighted by Gasteiger charge is 2.20. The van der Waals surface area contributed by atoms with Gasteiger partial charge in [0.1, 0.15) is 0 Å². The van der Waals surface area contributed by atoms with E-state index in [-0.39, 0.29) is 24.4 Å². The van der Waals surface area contributed by atoms with Gasteiger partial charge in [0.15, 0.2) is 0 Å². The van der Waals surface area contributed by atoms with E-state index < -0.39 is 0 Å². The minimum Gasteiger partial charge on any atom is -0.324 e. The Kier molecular flexibility index (Phi) is 5.63. The van der Waals surface area contributed by atoms with E-state index in [1.54, 1.807) is 0 Å². The lowest BCUT2D eigenvalue weighted by Gasteiger charge is -2.23. The fraction of sp³-hybridized carbons (Fsp3) is 0.500. The first kappa shape index (κ1) is 15.0. The molecule has 3 nitrogen and oxygen atoms in total. The molecule has 1 aliphatic rings. The zero-order valence-electron chi connectivity index (χ0n) is 11.0. The van der Waals surface area contributed by atoms with Gasteiger partial charge in [-0.2, -0.15) is 0 Å². The molecule has 100 valence electrons. The minimum absolute atomic E-state index is 0. The van der Waals surface area contributed by atoms with Gasteiger partial charge in [-0.1, -0.05) is 18.6 Å². The third-order valence-corrected chi connectivity index (χ3v) is 3.49. The molecule has 0 aromatic heterocycles. The zero-order chi connectivity index (χ0) is 12.3. The number of rotatable bonds is 2. The van der Waals surface area contributed by atoms with Gasteiger partial charge in [0, 0.05) is 5.69 Å². The van der Waals surface area contributed by atoms with Crippen molar-refractivity contribution in [2.45, 2.75) is 39.2 Å².